The Kier molecular flexibility index (Phi) is 4.06. The van der Waals surface area contributed by atoms with Crippen molar-refractivity contribution in [3.63, 3.8) is 0 Å². The first kappa shape index (κ1) is 12.7. The average molecular weight is 251 g/mol. The van der Waals surface area contributed by atoms with E-state index in [1.54, 1.807) is 6.92 Å². The third-order valence-corrected chi connectivity index (χ3v) is 2.38. The van der Waals surface area contributed by atoms with E-state index in [0.29, 0.717) is 11.1 Å². The summed E-state index contributed by atoms with van der Waals surface area (Å²) in [5, 5.41) is 8.86. The Bertz CT molecular complexity index is 407. The number of carboxylic acid groups (broad SMARTS) is 1. The summed E-state index contributed by atoms with van der Waals surface area (Å²) < 4.78 is 28.1. The molecule has 3 nitrogen and oxygen atoms in total. The fourth-order valence-electron chi connectivity index (χ4n) is 1.28. The van der Waals surface area contributed by atoms with Crippen molar-refractivity contribution in [1.29, 1.82) is 0 Å². The molecule has 0 unspecified atom stereocenters. The molecular weight excluding hydrogens is 242 g/mol. The van der Waals surface area contributed by atoms with Crippen molar-refractivity contribution in [3.8, 4) is 5.75 Å². The Labute approximate surface area is 95.6 Å². The Morgan fingerprint density at radius 1 is 1.56 bits per heavy atom. The summed E-state index contributed by atoms with van der Waals surface area (Å²) in [5.74, 6) is -1.37. The molecule has 0 heterocycles. The van der Waals surface area contributed by atoms with Crippen LogP contribution in [-0.2, 0) is 5.88 Å². The average Bonchev–Trinajstić information content (AvgIpc) is 2.19. The van der Waals surface area contributed by atoms with E-state index < -0.39 is 12.6 Å². The molecule has 0 radical (unpaired) electrons. The SMILES string of the molecule is Cc1c(CCl)cc(OC(F)F)cc1C(=O)O. The molecule has 1 aromatic carbocycles. The third kappa shape index (κ3) is 2.82. The Hall–Kier alpha value is -1.36. The van der Waals surface area contributed by atoms with Crippen LogP contribution in [0.15, 0.2) is 12.1 Å². The monoisotopic (exact) mass is 250 g/mol. The second-order valence-corrected chi connectivity index (χ2v) is 3.34. The summed E-state index contributed by atoms with van der Waals surface area (Å²) in [6, 6.07) is 2.36. The van der Waals surface area contributed by atoms with Crippen LogP contribution in [0.1, 0.15) is 21.5 Å². The number of ether oxygens (including phenoxy) is 1. The predicted octanol–water partition coefficient (Wildman–Crippen LogP) is 3.03. The first-order chi connectivity index (χ1) is 7.45. The van der Waals surface area contributed by atoms with Crippen molar-refractivity contribution < 1.29 is 23.4 Å². The lowest BCUT2D eigenvalue weighted by molar-refractivity contribution is -0.0499. The highest BCUT2D eigenvalue weighted by atomic mass is 35.5. The van der Waals surface area contributed by atoms with E-state index in [-0.39, 0.29) is 17.2 Å². The van der Waals surface area contributed by atoms with Crippen LogP contribution in [-0.4, -0.2) is 17.7 Å². The van der Waals surface area contributed by atoms with E-state index in [9.17, 15) is 13.6 Å². The van der Waals surface area contributed by atoms with Crippen LogP contribution in [0.4, 0.5) is 8.78 Å². The van der Waals surface area contributed by atoms with Crippen molar-refractivity contribution >= 4 is 17.6 Å². The smallest absolute Gasteiger partial charge is 0.387 e. The standard InChI is InChI=1S/C10H9ClF2O3/c1-5-6(4-11)2-7(16-10(12)13)3-8(5)9(14)15/h2-3,10H,4H2,1H3,(H,14,15). The maximum absolute atomic E-state index is 12.0. The summed E-state index contributed by atoms with van der Waals surface area (Å²) in [6.45, 7) is -1.43. The summed E-state index contributed by atoms with van der Waals surface area (Å²) in [7, 11) is 0. The molecule has 0 saturated heterocycles. The number of benzene rings is 1. The number of halogens is 3. The minimum Gasteiger partial charge on any atom is -0.478 e. The molecule has 16 heavy (non-hydrogen) atoms. The van der Waals surface area contributed by atoms with Gasteiger partial charge in [0, 0.05) is 5.88 Å². The zero-order valence-electron chi connectivity index (χ0n) is 8.34. The van der Waals surface area contributed by atoms with Crippen molar-refractivity contribution in [2.45, 2.75) is 19.4 Å². The Balaban J connectivity index is 3.23. The van der Waals surface area contributed by atoms with E-state index in [2.05, 4.69) is 4.74 Å². The van der Waals surface area contributed by atoms with Crippen LogP contribution >= 0.6 is 11.6 Å². The molecule has 6 heteroatoms. The van der Waals surface area contributed by atoms with Crippen LogP contribution in [0.3, 0.4) is 0 Å². The second kappa shape index (κ2) is 5.12. The topological polar surface area (TPSA) is 46.5 Å². The van der Waals surface area contributed by atoms with E-state index in [1.807, 2.05) is 0 Å². The van der Waals surface area contributed by atoms with Gasteiger partial charge in [-0.1, -0.05) is 0 Å². The third-order valence-electron chi connectivity index (χ3n) is 2.09. The lowest BCUT2D eigenvalue weighted by Crippen LogP contribution is -2.07. The van der Waals surface area contributed by atoms with Gasteiger partial charge in [0.15, 0.2) is 0 Å². The minimum absolute atomic E-state index is 0.0343. The fourth-order valence-corrected chi connectivity index (χ4v) is 1.55. The maximum Gasteiger partial charge on any atom is 0.387 e. The van der Waals surface area contributed by atoms with E-state index in [0.717, 1.165) is 6.07 Å². The molecule has 0 atom stereocenters. The molecule has 1 N–H and O–H groups in total. The normalized spacial score (nSPS) is 10.6. The number of aromatic carboxylic acids is 1. The minimum atomic E-state index is -2.99. The van der Waals surface area contributed by atoms with E-state index in [4.69, 9.17) is 16.7 Å². The van der Waals surface area contributed by atoms with Gasteiger partial charge in [0.2, 0.25) is 0 Å². The molecule has 0 bridgehead atoms. The summed E-state index contributed by atoms with van der Waals surface area (Å²) in [6.07, 6.45) is 0. The van der Waals surface area contributed by atoms with Gasteiger partial charge in [-0.05, 0) is 30.2 Å². The van der Waals surface area contributed by atoms with Gasteiger partial charge in [0.1, 0.15) is 5.75 Å². The molecule has 0 aliphatic carbocycles. The lowest BCUT2D eigenvalue weighted by Gasteiger charge is -2.10. The van der Waals surface area contributed by atoms with Gasteiger partial charge in [-0.2, -0.15) is 8.78 Å². The summed E-state index contributed by atoms with van der Waals surface area (Å²) >= 11 is 5.58. The van der Waals surface area contributed by atoms with Crippen molar-refractivity contribution in [2.24, 2.45) is 0 Å². The zero-order valence-corrected chi connectivity index (χ0v) is 9.09. The highest BCUT2D eigenvalue weighted by Gasteiger charge is 2.14. The molecule has 1 rings (SSSR count). The van der Waals surface area contributed by atoms with E-state index in [1.165, 1.54) is 6.07 Å². The number of carbonyl (C=O) groups is 1. The number of hydrogen-bond donors (Lipinski definition) is 1. The molecule has 0 spiro atoms. The maximum atomic E-state index is 12.0. The van der Waals surface area contributed by atoms with Gasteiger partial charge in [-0.3, -0.25) is 0 Å². The number of rotatable bonds is 4. The van der Waals surface area contributed by atoms with Crippen molar-refractivity contribution in [2.75, 3.05) is 0 Å². The summed E-state index contributed by atoms with van der Waals surface area (Å²) in [5.41, 5.74) is 0.815. The highest BCUT2D eigenvalue weighted by Crippen LogP contribution is 2.24. The second-order valence-electron chi connectivity index (χ2n) is 3.07. The quantitative estimate of drug-likeness (QED) is 0.836. The molecule has 0 saturated carbocycles. The van der Waals surface area contributed by atoms with Gasteiger partial charge in [-0.15, -0.1) is 11.6 Å². The van der Waals surface area contributed by atoms with Gasteiger partial charge in [0.25, 0.3) is 0 Å². The molecule has 0 aliphatic heterocycles. The van der Waals surface area contributed by atoms with Crippen LogP contribution in [0.5, 0.6) is 5.75 Å². The first-order valence-corrected chi connectivity index (χ1v) is 4.86. The number of alkyl halides is 3. The highest BCUT2D eigenvalue weighted by molar-refractivity contribution is 6.17. The Morgan fingerprint density at radius 3 is 2.62 bits per heavy atom. The van der Waals surface area contributed by atoms with Gasteiger partial charge in [0.05, 0.1) is 5.56 Å². The van der Waals surface area contributed by atoms with Crippen molar-refractivity contribution in [3.05, 3.63) is 28.8 Å². The number of carboxylic acids is 1. The number of hydrogen-bond acceptors (Lipinski definition) is 2. The summed E-state index contributed by atoms with van der Waals surface area (Å²) in [4.78, 5) is 10.8. The van der Waals surface area contributed by atoms with E-state index >= 15 is 0 Å². The molecule has 0 aliphatic rings. The molecule has 1 aromatic rings. The van der Waals surface area contributed by atoms with Crippen LogP contribution in [0, 0.1) is 6.92 Å². The molecular formula is C10H9ClF2O3. The lowest BCUT2D eigenvalue weighted by atomic mass is 10.0. The van der Waals surface area contributed by atoms with Gasteiger partial charge >= 0.3 is 12.6 Å². The van der Waals surface area contributed by atoms with Crippen LogP contribution in [0.2, 0.25) is 0 Å². The molecule has 0 amide bonds. The van der Waals surface area contributed by atoms with Gasteiger partial charge in [-0.25, -0.2) is 4.79 Å². The molecule has 88 valence electrons. The van der Waals surface area contributed by atoms with Gasteiger partial charge < -0.3 is 9.84 Å². The van der Waals surface area contributed by atoms with Crippen LogP contribution in [0.25, 0.3) is 0 Å². The first-order valence-electron chi connectivity index (χ1n) is 4.33. The zero-order chi connectivity index (χ0) is 12.3. The largest absolute Gasteiger partial charge is 0.478 e. The fraction of sp³-hybridized carbons (Fsp3) is 0.300. The van der Waals surface area contributed by atoms with Crippen molar-refractivity contribution in [1.82, 2.24) is 0 Å². The Morgan fingerprint density at radius 2 is 2.19 bits per heavy atom. The predicted molar refractivity (Wildman–Crippen MR) is 54.3 cm³/mol. The molecule has 0 fully saturated rings. The molecule has 0 aromatic heterocycles. The van der Waals surface area contributed by atoms with Crippen LogP contribution < -0.4 is 4.74 Å².